The predicted molar refractivity (Wildman–Crippen MR) is 239 cm³/mol. The van der Waals surface area contributed by atoms with Crippen molar-refractivity contribution >= 4 is 60.8 Å². The van der Waals surface area contributed by atoms with Gasteiger partial charge < -0.3 is 13.9 Å². The van der Waals surface area contributed by atoms with E-state index in [1.165, 1.54) is 5.56 Å². The van der Waals surface area contributed by atoms with Gasteiger partial charge in [0.15, 0.2) is 0 Å². The summed E-state index contributed by atoms with van der Waals surface area (Å²) < 4.78 is 23.8. The number of aromatic nitrogens is 1. The van der Waals surface area contributed by atoms with Gasteiger partial charge in [0.1, 0.15) is 17.0 Å². The highest BCUT2D eigenvalue weighted by Gasteiger charge is 2.22. The van der Waals surface area contributed by atoms with Gasteiger partial charge in [0.05, 0.1) is 22.4 Å². The third-order valence-corrected chi connectivity index (χ3v) is 11.3. The number of nitrogens with zero attached hydrogens (tertiary/aromatic N) is 2. The van der Waals surface area contributed by atoms with Gasteiger partial charge in [-0.25, -0.2) is 4.39 Å². The van der Waals surface area contributed by atoms with E-state index < -0.39 is 0 Å². The Morgan fingerprint density at radius 1 is 0.379 bits per heavy atom. The topological polar surface area (TPSA) is 21.3 Å². The highest BCUT2D eigenvalue weighted by atomic mass is 19.1. The molecule has 0 aliphatic heterocycles. The molecule has 4 heteroatoms. The highest BCUT2D eigenvalue weighted by molar-refractivity contribution is 6.13. The smallest absolute Gasteiger partial charge is 0.143 e. The van der Waals surface area contributed by atoms with Crippen LogP contribution in [0.1, 0.15) is 0 Å². The first-order valence-corrected chi connectivity index (χ1v) is 19.5. The monoisotopic (exact) mass is 746 g/mol. The number of hydrogen-bond donors (Lipinski definition) is 0. The third-order valence-electron chi connectivity index (χ3n) is 11.3. The Morgan fingerprint density at radius 2 is 0.879 bits per heavy atom. The van der Waals surface area contributed by atoms with Gasteiger partial charge in [-0.05, 0) is 82.9 Å². The summed E-state index contributed by atoms with van der Waals surface area (Å²) in [5, 5.41) is 4.08. The maximum Gasteiger partial charge on any atom is 0.143 e. The number of hydrogen-bond acceptors (Lipinski definition) is 2. The molecule has 2 heterocycles. The fourth-order valence-electron chi connectivity index (χ4n) is 8.59. The van der Waals surface area contributed by atoms with Crippen LogP contribution in [0.5, 0.6) is 0 Å². The first-order valence-electron chi connectivity index (χ1n) is 19.5. The van der Waals surface area contributed by atoms with Gasteiger partial charge in [-0.3, -0.25) is 0 Å². The lowest BCUT2D eigenvalue weighted by Gasteiger charge is -2.28. The van der Waals surface area contributed by atoms with E-state index in [0.29, 0.717) is 0 Å². The summed E-state index contributed by atoms with van der Waals surface area (Å²) in [4.78, 5) is 2.31. The number of fused-ring (bicyclic) bond motifs is 6. The van der Waals surface area contributed by atoms with E-state index in [4.69, 9.17) is 4.42 Å². The van der Waals surface area contributed by atoms with E-state index in [-0.39, 0.29) is 5.82 Å². The summed E-state index contributed by atoms with van der Waals surface area (Å²) in [6, 6.07) is 72.9. The Balaban J connectivity index is 1.07. The zero-order valence-electron chi connectivity index (χ0n) is 31.4. The van der Waals surface area contributed by atoms with Crippen LogP contribution in [0.3, 0.4) is 0 Å². The summed E-state index contributed by atoms with van der Waals surface area (Å²) in [6.45, 7) is 0. The van der Waals surface area contributed by atoms with E-state index in [9.17, 15) is 4.39 Å². The molecule has 0 aliphatic rings. The second kappa shape index (κ2) is 13.8. The van der Waals surface area contributed by atoms with Crippen molar-refractivity contribution in [2.45, 2.75) is 0 Å². The molecule has 0 saturated heterocycles. The van der Waals surface area contributed by atoms with Crippen LogP contribution in [0.4, 0.5) is 21.5 Å². The molecule has 11 aromatic rings. The maximum atomic E-state index is 14.7. The molecule has 9 aromatic carbocycles. The van der Waals surface area contributed by atoms with Crippen LogP contribution in [0.25, 0.3) is 82.8 Å². The lowest BCUT2D eigenvalue weighted by molar-refractivity contribution is 0.629. The van der Waals surface area contributed by atoms with E-state index >= 15 is 0 Å². The van der Waals surface area contributed by atoms with Gasteiger partial charge in [-0.1, -0.05) is 152 Å². The van der Waals surface area contributed by atoms with Crippen molar-refractivity contribution in [3.63, 3.8) is 0 Å². The van der Waals surface area contributed by atoms with Crippen LogP contribution in [-0.2, 0) is 0 Å². The molecule has 0 aliphatic carbocycles. The quantitative estimate of drug-likeness (QED) is 0.162. The molecule has 0 bridgehead atoms. The summed E-state index contributed by atoms with van der Waals surface area (Å²) in [7, 11) is 0. The van der Waals surface area contributed by atoms with E-state index in [2.05, 4.69) is 179 Å². The third kappa shape index (κ3) is 5.57. The van der Waals surface area contributed by atoms with Crippen LogP contribution in [-0.4, -0.2) is 4.57 Å². The van der Waals surface area contributed by atoms with Gasteiger partial charge in [0.25, 0.3) is 0 Å². The zero-order valence-corrected chi connectivity index (χ0v) is 31.4. The van der Waals surface area contributed by atoms with Crippen molar-refractivity contribution in [2.75, 3.05) is 4.90 Å². The average molecular weight is 747 g/mol. The molecule has 0 spiro atoms. The molecule has 0 N–H and O–H groups in total. The normalized spacial score (nSPS) is 11.5. The van der Waals surface area contributed by atoms with Crippen LogP contribution < -0.4 is 4.90 Å². The number of rotatable bonds is 7. The molecule has 11 rings (SSSR count). The molecule has 0 amide bonds. The Morgan fingerprint density at radius 3 is 1.55 bits per heavy atom. The molecular formula is C54H35FN2O. The molecule has 58 heavy (non-hydrogen) atoms. The van der Waals surface area contributed by atoms with Gasteiger partial charge >= 0.3 is 0 Å². The summed E-state index contributed by atoms with van der Waals surface area (Å²) in [5.74, 6) is -0.251. The van der Waals surface area contributed by atoms with Gasteiger partial charge in [0, 0.05) is 44.0 Å². The van der Waals surface area contributed by atoms with Crippen LogP contribution in [0.15, 0.2) is 217 Å². The van der Waals surface area contributed by atoms with Crippen molar-refractivity contribution in [3.05, 3.63) is 218 Å². The first kappa shape index (κ1) is 33.6. The molecule has 0 unspecified atom stereocenters. The molecule has 0 fully saturated rings. The fourth-order valence-corrected chi connectivity index (χ4v) is 8.59. The Kier molecular flexibility index (Phi) is 8.00. The zero-order chi connectivity index (χ0) is 38.6. The minimum atomic E-state index is -0.251. The number of para-hydroxylation sites is 5. The molecule has 274 valence electrons. The van der Waals surface area contributed by atoms with Crippen molar-refractivity contribution < 1.29 is 8.81 Å². The van der Waals surface area contributed by atoms with E-state index in [1.807, 2.05) is 30.3 Å². The molecule has 2 aromatic heterocycles. The van der Waals surface area contributed by atoms with Crippen molar-refractivity contribution in [2.24, 2.45) is 0 Å². The lowest BCUT2D eigenvalue weighted by atomic mass is 10.00. The van der Waals surface area contributed by atoms with Crippen molar-refractivity contribution in [1.29, 1.82) is 0 Å². The van der Waals surface area contributed by atoms with Crippen LogP contribution >= 0.6 is 0 Å². The SMILES string of the molecule is Fc1ccc2c(c1)c1ccccc1n2-c1ccccc1N(c1ccc(-c2ccccc2)cc1)c1ccc(-c2cccc3c2oc2c(-c4ccccc4)cccc23)cc1. The molecule has 0 radical (unpaired) electrons. The van der Waals surface area contributed by atoms with Crippen LogP contribution in [0, 0.1) is 5.82 Å². The Labute approximate surface area is 335 Å². The average Bonchev–Trinajstić information content (AvgIpc) is 3.84. The summed E-state index contributed by atoms with van der Waals surface area (Å²) in [5.41, 5.74) is 14.3. The van der Waals surface area contributed by atoms with Crippen molar-refractivity contribution in [3.8, 4) is 39.1 Å². The molecule has 0 saturated carbocycles. The summed E-state index contributed by atoms with van der Waals surface area (Å²) >= 11 is 0. The Bertz CT molecular complexity index is 3270. The Hall–Kier alpha value is -7.69. The fraction of sp³-hybridized carbons (Fsp3) is 0. The largest absolute Gasteiger partial charge is 0.455 e. The number of furan rings is 1. The predicted octanol–water partition coefficient (Wildman–Crippen LogP) is 15.3. The maximum absolute atomic E-state index is 14.7. The minimum Gasteiger partial charge on any atom is -0.455 e. The van der Waals surface area contributed by atoms with Crippen molar-refractivity contribution in [1.82, 2.24) is 4.57 Å². The number of benzene rings is 9. The van der Waals surface area contributed by atoms with Gasteiger partial charge in [0.2, 0.25) is 0 Å². The number of halogens is 1. The lowest BCUT2D eigenvalue weighted by Crippen LogP contribution is -2.13. The first-order chi connectivity index (χ1) is 28.7. The van der Waals surface area contributed by atoms with E-state index in [1.54, 1.807) is 12.1 Å². The van der Waals surface area contributed by atoms with Crippen LogP contribution in [0.2, 0.25) is 0 Å². The second-order valence-corrected chi connectivity index (χ2v) is 14.6. The number of anilines is 3. The molecule has 0 atom stereocenters. The molecular weight excluding hydrogens is 712 g/mol. The van der Waals surface area contributed by atoms with E-state index in [0.717, 1.165) is 94.3 Å². The van der Waals surface area contributed by atoms with Gasteiger partial charge in [-0.15, -0.1) is 0 Å². The minimum absolute atomic E-state index is 0.251. The summed E-state index contributed by atoms with van der Waals surface area (Å²) in [6.07, 6.45) is 0. The second-order valence-electron chi connectivity index (χ2n) is 14.6. The highest BCUT2D eigenvalue weighted by Crippen LogP contribution is 2.44. The van der Waals surface area contributed by atoms with Gasteiger partial charge in [-0.2, -0.15) is 0 Å². The molecule has 3 nitrogen and oxygen atoms in total. The standard InChI is InChI=1S/C54H35FN2O/c55-40-29-34-50-48(35-40)45-17-7-8-22-49(45)57(50)52-24-10-9-23-51(52)56(41-30-25-37(26-31-41)36-13-3-1-4-14-36)42-32-27-39(28-33-42)44-19-12-21-47-46-20-11-18-43(53(46)58-54(44)47)38-15-5-2-6-16-38/h1-35H.